The Morgan fingerprint density at radius 1 is 1.55 bits per heavy atom. The third kappa shape index (κ3) is 1.71. The molecule has 0 aliphatic carbocycles. The predicted octanol–water partition coefficient (Wildman–Crippen LogP) is 2.51. The first kappa shape index (κ1) is 8.53. The number of thioether (sulfide) groups is 1. The number of halogens is 1. The molecule has 1 nitrogen and oxygen atoms in total. The Balaban J connectivity index is 3.13. The topological polar surface area (TPSA) is 12.9 Å². The molecule has 0 aromatic carbocycles. The van der Waals surface area contributed by atoms with Gasteiger partial charge in [0.25, 0.3) is 0 Å². The molecule has 60 valence electrons. The summed E-state index contributed by atoms with van der Waals surface area (Å²) in [4.78, 5) is 4.50. The molecule has 0 unspecified atom stereocenters. The molecule has 1 aromatic heterocycles. The smallest absolute Gasteiger partial charge is 0.155 e. The minimum absolute atomic E-state index is 0.211. The van der Waals surface area contributed by atoms with E-state index >= 15 is 0 Å². The number of aromatic nitrogens is 1. The van der Waals surface area contributed by atoms with Crippen LogP contribution in [0.4, 0.5) is 4.39 Å². The summed E-state index contributed by atoms with van der Waals surface area (Å²) in [6, 6.07) is 0. The van der Waals surface area contributed by atoms with E-state index in [1.807, 2.05) is 13.2 Å². The second-order valence-electron chi connectivity index (χ2n) is 2.17. The van der Waals surface area contributed by atoms with Crippen LogP contribution in [0.2, 0.25) is 0 Å². The molecule has 3 heteroatoms. The minimum atomic E-state index is -0.211. The summed E-state index contributed by atoms with van der Waals surface area (Å²) >= 11 is 1.43. The van der Waals surface area contributed by atoms with Crippen molar-refractivity contribution in [3.05, 3.63) is 23.8 Å². The van der Waals surface area contributed by atoms with E-state index in [4.69, 9.17) is 0 Å². The van der Waals surface area contributed by atoms with Crippen LogP contribution in [0.5, 0.6) is 0 Å². The molecule has 0 amide bonds. The SMILES string of the molecule is CCc1cncc(F)c1SC. The summed E-state index contributed by atoms with van der Waals surface area (Å²) < 4.78 is 13.0. The van der Waals surface area contributed by atoms with Crippen LogP contribution >= 0.6 is 11.8 Å². The van der Waals surface area contributed by atoms with E-state index in [1.165, 1.54) is 18.0 Å². The van der Waals surface area contributed by atoms with Gasteiger partial charge in [-0.25, -0.2) is 4.39 Å². The van der Waals surface area contributed by atoms with E-state index in [9.17, 15) is 4.39 Å². The number of hydrogen-bond acceptors (Lipinski definition) is 2. The lowest BCUT2D eigenvalue weighted by molar-refractivity contribution is 0.590. The molecule has 11 heavy (non-hydrogen) atoms. The fourth-order valence-electron chi connectivity index (χ4n) is 0.944. The standard InChI is InChI=1S/C8H10FNS/c1-3-6-4-10-5-7(9)8(6)11-2/h4-5H,3H2,1-2H3. The van der Waals surface area contributed by atoms with Crippen LogP contribution in [0.3, 0.4) is 0 Å². The first-order valence-electron chi connectivity index (χ1n) is 3.46. The molecule has 0 aliphatic rings. The van der Waals surface area contributed by atoms with Crippen molar-refractivity contribution in [2.75, 3.05) is 6.26 Å². The zero-order valence-electron chi connectivity index (χ0n) is 6.60. The number of nitrogens with zero attached hydrogens (tertiary/aromatic N) is 1. The fraction of sp³-hybridized carbons (Fsp3) is 0.375. The Bertz CT molecular complexity index is 250. The van der Waals surface area contributed by atoms with Crippen molar-refractivity contribution < 1.29 is 4.39 Å². The Hall–Kier alpha value is -0.570. The van der Waals surface area contributed by atoms with E-state index in [2.05, 4.69) is 4.98 Å². The molecule has 0 spiro atoms. The van der Waals surface area contributed by atoms with Gasteiger partial charge in [0.1, 0.15) is 0 Å². The van der Waals surface area contributed by atoms with Gasteiger partial charge in [-0.05, 0) is 18.2 Å². The molecule has 0 saturated carbocycles. The summed E-state index contributed by atoms with van der Waals surface area (Å²) in [5.41, 5.74) is 0.984. The van der Waals surface area contributed by atoms with Crippen LogP contribution in [-0.4, -0.2) is 11.2 Å². The van der Waals surface area contributed by atoms with Crippen molar-refractivity contribution in [3.8, 4) is 0 Å². The van der Waals surface area contributed by atoms with Gasteiger partial charge in [-0.15, -0.1) is 11.8 Å². The Kier molecular flexibility index (Phi) is 2.88. The Morgan fingerprint density at radius 3 is 2.73 bits per heavy atom. The minimum Gasteiger partial charge on any atom is -0.261 e. The van der Waals surface area contributed by atoms with E-state index in [0.29, 0.717) is 0 Å². The van der Waals surface area contributed by atoms with Crippen LogP contribution in [-0.2, 0) is 6.42 Å². The zero-order chi connectivity index (χ0) is 8.27. The highest BCUT2D eigenvalue weighted by atomic mass is 32.2. The normalized spacial score (nSPS) is 10.1. The van der Waals surface area contributed by atoms with Gasteiger partial charge >= 0.3 is 0 Å². The summed E-state index contributed by atoms with van der Waals surface area (Å²) in [6.07, 6.45) is 5.68. The quantitative estimate of drug-likeness (QED) is 0.634. The van der Waals surface area contributed by atoms with Gasteiger partial charge in [-0.2, -0.15) is 0 Å². The zero-order valence-corrected chi connectivity index (χ0v) is 7.41. The highest BCUT2D eigenvalue weighted by Crippen LogP contribution is 2.22. The first-order chi connectivity index (χ1) is 5.29. The summed E-state index contributed by atoms with van der Waals surface area (Å²) in [5.74, 6) is -0.211. The maximum Gasteiger partial charge on any atom is 0.155 e. The van der Waals surface area contributed by atoms with E-state index < -0.39 is 0 Å². The second-order valence-corrected chi connectivity index (χ2v) is 2.98. The largest absolute Gasteiger partial charge is 0.261 e. The molecule has 0 atom stereocenters. The Labute approximate surface area is 70.0 Å². The van der Waals surface area contributed by atoms with Crippen molar-refractivity contribution in [2.24, 2.45) is 0 Å². The molecule has 0 fully saturated rings. The highest BCUT2D eigenvalue weighted by Gasteiger charge is 2.04. The average Bonchev–Trinajstić information content (AvgIpc) is 2.04. The van der Waals surface area contributed by atoms with Crippen LogP contribution in [0.15, 0.2) is 17.3 Å². The first-order valence-corrected chi connectivity index (χ1v) is 4.68. The third-order valence-corrected chi connectivity index (χ3v) is 2.38. The number of rotatable bonds is 2. The molecule has 0 radical (unpaired) electrons. The maximum absolute atomic E-state index is 13.0. The Morgan fingerprint density at radius 2 is 2.27 bits per heavy atom. The van der Waals surface area contributed by atoms with Gasteiger partial charge in [0, 0.05) is 11.1 Å². The number of pyridine rings is 1. The lowest BCUT2D eigenvalue weighted by Crippen LogP contribution is -1.90. The van der Waals surface area contributed by atoms with E-state index in [1.54, 1.807) is 6.20 Å². The van der Waals surface area contributed by atoms with Gasteiger partial charge < -0.3 is 0 Å². The van der Waals surface area contributed by atoms with Gasteiger partial charge in [0.2, 0.25) is 0 Å². The van der Waals surface area contributed by atoms with Crippen molar-refractivity contribution in [1.82, 2.24) is 4.98 Å². The molecular weight excluding hydrogens is 161 g/mol. The van der Waals surface area contributed by atoms with Crippen molar-refractivity contribution in [1.29, 1.82) is 0 Å². The van der Waals surface area contributed by atoms with Crippen LogP contribution < -0.4 is 0 Å². The lowest BCUT2D eigenvalue weighted by atomic mass is 10.2. The molecule has 0 bridgehead atoms. The summed E-state index contributed by atoms with van der Waals surface area (Å²) in [6.45, 7) is 2.00. The van der Waals surface area contributed by atoms with Crippen LogP contribution in [0, 0.1) is 5.82 Å². The highest BCUT2D eigenvalue weighted by molar-refractivity contribution is 7.98. The summed E-state index contributed by atoms with van der Waals surface area (Å²) in [7, 11) is 0. The maximum atomic E-state index is 13.0. The molecule has 0 saturated heterocycles. The van der Waals surface area contributed by atoms with E-state index in [0.717, 1.165) is 16.9 Å². The molecular formula is C8H10FNS. The van der Waals surface area contributed by atoms with E-state index in [-0.39, 0.29) is 5.82 Å². The lowest BCUT2D eigenvalue weighted by Gasteiger charge is -2.03. The van der Waals surface area contributed by atoms with Crippen LogP contribution in [0.1, 0.15) is 12.5 Å². The van der Waals surface area contributed by atoms with Gasteiger partial charge in [-0.3, -0.25) is 4.98 Å². The number of hydrogen-bond donors (Lipinski definition) is 0. The second kappa shape index (κ2) is 3.72. The molecule has 1 rings (SSSR count). The van der Waals surface area contributed by atoms with Gasteiger partial charge in [0.05, 0.1) is 6.20 Å². The predicted molar refractivity (Wildman–Crippen MR) is 45.4 cm³/mol. The molecule has 0 aliphatic heterocycles. The van der Waals surface area contributed by atoms with Gasteiger partial charge in [-0.1, -0.05) is 6.92 Å². The van der Waals surface area contributed by atoms with Crippen molar-refractivity contribution in [2.45, 2.75) is 18.2 Å². The third-order valence-electron chi connectivity index (χ3n) is 1.51. The fourth-order valence-corrected chi connectivity index (χ4v) is 1.65. The average molecular weight is 171 g/mol. The van der Waals surface area contributed by atoms with Gasteiger partial charge in [0.15, 0.2) is 5.82 Å². The van der Waals surface area contributed by atoms with Crippen molar-refractivity contribution in [3.63, 3.8) is 0 Å². The van der Waals surface area contributed by atoms with Crippen molar-refractivity contribution >= 4 is 11.8 Å². The molecule has 1 aromatic rings. The van der Waals surface area contributed by atoms with Crippen LogP contribution in [0.25, 0.3) is 0 Å². The monoisotopic (exact) mass is 171 g/mol. The molecule has 1 heterocycles. The summed E-state index contributed by atoms with van der Waals surface area (Å²) in [5, 5.41) is 0. The number of aryl methyl sites for hydroxylation is 1. The molecule has 0 N–H and O–H groups in total.